The van der Waals surface area contributed by atoms with Crippen LogP contribution in [0.4, 0.5) is 23.1 Å². The number of hydrogen-bond acceptors (Lipinski definition) is 5. The molecule has 0 atom stereocenters. The standard InChI is InChI=1S/C18H18BrN5/c1-11-6-12(2)8-15(7-11)21-17-10-20-24-18(23-17)22-14-4-5-16(19)13(3)9-14/h4-10H,1-3H3,(H2,21,22,23,24). The van der Waals surface area contributed by atoms with E-state index in [0.717, 1.165) is 21.4 Å². The van der Waals surface area contributed by atoms with Crippen LogP contribution in [-0.4, -0.2) is 15.2 Å². The Balaban J connectivity index is 1.79. The molecular weight excluding hydrogens is 366 g/mol. The van der Waals surface area contributed by atoms with Gasteiger partial charge in [0.05, 0.1) is 6.20 Å². The fraction of sp³-hybridized carbons (Fsp3) is 0.167. The van der Waals surface area contributed by atoms with Gasteiger partial charge in [-0.1, -0.05) is 22.0 Å². The Labute approximate surface area is 149 Å². The third-order valence-electron chi connectivity index (χ3n) is 3.47. The number of benzene rings is 2. The Kier molecular flexibility index (Phi) is 4.76. The molecule has 0 bridgehead atoms. The molecule has 3 aromatic rings. The molecule has 2 N–H and O–H groups in total. The van der Waals surface area contributed by atoms with E-state index in [-0.39, 0.29) is 0 Å². The van der Waals surface area contributed by atoms with Gasteiger partial charge in [0, 0.05) is 15.8 Å². The van der Waals surface area contributed by atoms with E-state index in [1.165, 1.54) is 11.1 Å². The zero-order valence-corrected chi connectivity index (χ0v) is 15.3. The van der Waals surface area contributed by atoms with Crippen LogP contribution in [0.3, 0.4) is 0 Å². The fourth-order valence-electron chi connectivity index (χ4n) is 2.46. The normalized spacial score (nSPS) is 10.5. The van der Waals surface area contributed by atoms with E-state index in [1.807, 2.05) is 25.1 Å². The monoisotopic (exact) mass is 383 g/mol. The molecule has 2 aromatic carbocycles. The first-order valence-electron chi connectivity index (χ1n) is 7.58. The minimum absolute atomic E-state index is 0.450. The molecule has 0 amide bonds. The Hall–Kier alpha value is -2.47. The summed E-state index contributed by atoms with van der Waals surface area (Å²) in [6, 6.07) is 12.2. The number of anilines is 4. The van der Waals surface area contributed by atoms with Crippen LogP contribution in [0.5, 0.6) is 0 Å². The number of halogens is 1. The number of aryl methyl sites for hydroxylation is 3. The molecule has 0 spiro atoms. The summed E-state index contributed by atoms with van der Waals surface area (Å²) >= 11 is 3.49. The van der Waals surface area contributed by atoms with Crippen LogP contribution in [-0.2, 0) is 0 Å². The Morgan fingerprint density at radius 1 is 0.875 bits per heavy atom. The van der Waals surface area contributed by atoms with E-state index < -0.39 is 0 Å². The van der Waals surface area contributed by atoms with Crippen molar-refractivity contribution >= 4 is 39.1 Å². The van der Waals surface area contributed by atoms with Crippen LogP contribution in [0, 0.1) is 20.8 Å². The Morgan fingerprint density at radius 2 is 1.62 bits per heavy atom. The van der Waals surface area contributed by atoms with Crippen LogP contribution in [0.2, 0.25) is 0 Å². The van der Waals surface area contributed by atoms with E-state index >= 15 is 0 Å². The maximum atomic E-state index is 4.47. The van der Waals surface area contributed by atoms with Crippen molar-refractivity contribution in [1.82, 2.24) is 15.2 Å². The molecule has 0 saturated carbocycles. The third kappa shape index (κ3) is 4.08. The fourth-order valence-corrected chi connectivity index (χ4v) is 2.71. The quantitative estimate of drug-likeness (QED) is 0.659. The summed E-state index contributed by atoms with van der Waals surface area (Å²) < 4.78 is 1.07. The second kappa shape index (κ2) is 6.97. The summed E-state index contributed by atoms with van der Waals surface area (Å²) in [5.74, 6) is 1.09. The molecule has 1 heterocycles. The van der Waals surface area contributed by atoms with Crippen molar-refractivity contribution in [3.05, 3.63) is 63.8 Å². The first-order chi connectivity index (χ1) is 11.5. The minimum atomic E-state index is 0.450. The lowest BCUT2D eigenvalue weighted by molar-refractivity contribution is 0.982. The van der Waals surface area contributed by atoms with E-state index in [0.29, 0.717) is 11.8 Å². The summed E-state index contributed by atoms with van der Waals surface area (Å²) in [4.78, 5) is 4.47. The molecule has 24 heavy (non-hydrogen) atoms. The summed E-state index contributed by atoms with van der Waals surface area (Å²) in [6.07, 6.45) is 1.61. The maximum Gasteiger partial charge on any atom is 0.249 e. The Bertz CT molecular complexity index is 859. The number of nitrogens with one attached hydrogen (secondary N) is 2. The van der Waals surface area contributed by atoms with Gasteiger partial charge in [0.1, 0.15) is 0 Å². The van der Waals surface area contributed by atoms with E-state index in [4.69, 9.17) is 0 Å². The minimum Gasteiger partial charge on any atom is -0.339 e. The lowest BCUT2D eigenvalue weighted by atomic mass is 10.1. The highest BCUT2D eigenvalue weighted by atomic mass is 79.9. The molecule has 5 nitrogen and oxygen atoms in total. The molecule has 122 valence electrons. The van der Waals surface area contributed by atoms with Crippen LogP contribution < -0.4 is 10.6 Å². The van der Waals surface area contributed by atoms with E-state index in [2.05, 4.69) is 73.8 Å². The third-order valence-corrected chi connectivity index (χ3v) is 4.36. The molecule has 0 aliphatic rings. The summed E-state index contributed by atoms with van der Waals surface area (Å²) in [5, 5.41) is 14.5. The van der Waals surface area contributed by atoms with Crippen molar-refractivity contribution in [1.29, 1.82) is 0 Å². The van der Waals surface area contributed by atoms with Crippen molar-refractivity contribution < 1.29 is 0 Å². The average Bonchev–Trinajstić information content (AvgIpc) is 2.50. The lowest BCUT2D eigenvalue weighted by Gasteiger charge is -2.10. The lowest BCUT2D eigenvalue weighted by Crippen LogP contribution is -2.02. The van der Waals surface area contributed by atoms with Crippen molar-refractivity contribution in [2.45, 2.75) is 20.8 Å². The van der Waals surface area contributed by atoms with Crippen LogP contribution in [0.1, 0.15) is 16.7 Å². The second-order valence-electron chi connectivity index (χ2n) is 5.76. The average molecular weight is 384 g/mol. The molecule has 0 aliphatic carbocycles. The van der Waals surface area contributed by atoms with Gasteiger partial charge < -0.3 is 10.6 Å². The van der Waals surface area contributed by atoms with Gasteiger partial charge in [0.25, 0.3) is 0 Å². The molecular formula is C18H18BrN5. The first-order valence-corrected chi connectivity index (χ1v) is 8.37. The topological polar surface area (TPSA) is 62.7 Å². The van der Waals surface area contributed by atoms with Gasteiger partial charge >= 0.3 is 0 Å². The first kappa shape index (κ1) is 16.4. The van der Waals surface area contributed by atoms with Crippen molar-refractivity contribution in [3.63, 3.8) is 0 Å². The summed E-state index contributed by atoms with van der Waals surface area (Å²) in [7, 11) is 0. The summed E-state index contributed by atoms with van der Waals surface area (Å²) in [5.41, 5.74) is 5.43. The number of rotatable bonds is 4. The molecule has 0 radical (unpaired) electrons. The van der Waals surface area contributed by atoms with Crippen molar-refractivity contribution in [3.8, 4) is 0 Å². The van der Waals surface area contributed by atoms with E-state index in [1.54, 1.807) is 6.20 Å². The highest BCUT2D eigenvalue weighted by molar-refractivity contribution is 9.10. The molecule has 0 aliphatic heterocycles. The predicted octanol–water partition coefficient (Wildman–Crippen LogP) is 5.05. The van der Waals surface area contributed by atoms with Gasteiger partial charge in [-0.3, -0.25) is 0 Å². The van der Waals surface area contributed by atoms with Gasteiger partial charge in [0.15, 0.2) is 5.82 Å². The van der Waals surface area contributed by atoms with Crippen molar-refractivity contribution in [2.75, 3.05) is 10.6 Å². The number of aromatic nitrogens is 3. The highest BCUT2D eigenvalue weighted by Gasteiger charge is 2.04. The molecule has 0 unspecified atom stereocenters. The predicted molar refractivity (Wildman–Crippen MR) is 101 cm³/mol. The zero-order valence-electron chi connectivity index (χ0n) is 13.8. The van der Waals surface area contributed by atoms with Crippen molar-refractivity contribution in [2.24, 2.45) is 0 Å². The molecule has 3 rings (SSSR count). The van der Waals surface area contributed by atoms with Gasteiger partial charge in [-0.2, -0.15) is 10.1 Å². The van der Waals surface area contributed by atoms with Gasteiger partial charge in [-0.15, -0.1) is 5.10 Å². The molecule has 1 aromatic heterocycles. The van der Waals surface area contributed by atoms with Crippen LogP contribution in [0.15, 0.2) is 47.1 Å². The Morgan fingerprint density at radius 3 is 2.33 bits per heavy atom. The highest BCUT2D eigenvalue weighted by Crippen LogP contribution is 2.22. The largest absolute Gasteiger partial charge is 0.339 e. The maximum absolute atomic E-state index is 4.47. The van der Waals surface area contributed by atoms with Gasteiger partial charge in [-0.25, -0.2) is 0 Å². The number of nitrogens with zero attached hydrogens (tertiary/aromatic N) is 3. The smallest absolute Gasteiger partial charge is 0.249 e. The SMILES string of the molecule is Cc1cc(C)cc(Nc2cnnc(Nc3ccc(Br)c(C)c3)n2)c1. The van der Waals surface area contributed by atoms with Gasteiger partial charge in [0.2, 0.25) is 5.95 Å². The summed E-state index contributed by atoms with van der Waals surface area (Å²) in [6.45, 7) is 6.17. The van der Waals surface area contributed by atoms with Crippen LogP contribution >= 0.6 is 15.9 Å². The van der Waals surface area contributed by atoms with Crippen LogP contribution in [0.25, 0.3) is 0 Å². The zero-order chi connectivity index (χ0) is 17.1. The second-order valence-corrected chi connectivity index (χ2v) is 6.61. The molecule has 0 fully saturated rings. The van der Waals surface area contributed by atoms with Gasteiger partial charge in [-0.05, 0) is 67.8 Å². The van der Waals surface area contributed by atoms with E-state index in [9.17, 15) is 0 Å². The molecule has 0 saturated heterocycles. The molecule has 6 heteroatoms. The number of hydrogen-bond donors (Lipinski definition) is 2.